The van der Waals surface area contributed by atoms with Gasteiger partial charge in [-0.2, -0.15) is 0 Å². The van der Waals surface area contributed by atoms with E-state index in [1.54, 1.807) is 13.8 Å². The van der Waals surface area contributed by atoms with Crippen LogP contribution < -0.4 is 0 Å². The summed E-state index contributed by atoms with van der Waals surface area (Å²) in [6.07, 6.45) is 4.08. The largest absolute Gasteiger partial charge is 0.310 e. The van der Waals surface area contributed by atoms with Gasteiger partial charge in [0.1, 0.15) is 0 Å². The number of hydrogen-bond acceptors (Lipinski definition) is 1. The summed E-state index contributed by atoms with van der Waals surface area (Å²) in [5, 5.41) is 6.50. The standard InChI is InChI=1S/C5H12.C3H7N/c1-3-5-4-2;1-3(2)4/h3-5H2,1-2H3;4H,1-2H3. The van der Waals surface area contributed by atoms with E-state index in [-0.39, 0.29) is 0 Å². The van der Waals surface area contributed by atoms with Gasteiger partial charge in [0.15, 0.2) is 0 Å². The quantitative estimate of drug-likeness (QED) is 0.553. The van der Waals surface area contributed by atoms with Crippen LogP contribution in [0.5, 0.6) is 0 Å². The third kappa shape index (κ3) is 88.4. The first-order valence-corrected chi connectivity index (χ1v) is 3.66. The molecule has 0 aliphatic heterocycles. The van der Waals surface area contributed by atoms with Crippen molar-refractivity contribution in [3.05, 3.63) is 0 Å². The molecule has 0 radical (unpaired) electrons. The van der Waals surface area contributed by atoms with Crippen LogP contribution in [-0.2, 0) is 0 Å². The molecule has 0 rings (SSSR count). The highest BCUT2D eigenvalue weighted by Gasteiger charge is 1.68. The Kier molecular flexibility index (Phi) is 13.5. The maximum Gasteiger partial charge on any atom is 0.00272 e. The highest BCUT2D eigenvalue weighted by molar-refractivity contribution is 5.75. The Labute approximate surface area is 59.0 Å². The van der Waals surface area contributed by atoms with Crippen molar-refractivity contribution in [3.8, 4) is 0 Å². The lowest BCUT2D eigenvalue weighted by Crippen LogP contribution is -1.67. The van der Waals surface area contributed by atoms with Crippen molar-refractivity contribution in [2.75, 3.05) is 0 Å². The van der Waals surface area contributed by atoms with Crippen LogP contribution in [0.25, 0.3) is 0 Å². The Morgan fingerprint density at radius 2 is 1.33 bits per heavy atom. The summed E-state index contributed by atoms with van der Waals surface area (Å²) in [6.45, 7) is 7.92. The zero-order valence-electron chi connectivity index (χ0n) is 7.12. The van der Waals surface area contributed by atoms with E-state index >= 15 is 0 Å². The van der Waals surface area contributed by atoms with Gasteiger partial charge in [0.2, 0.25) is 0 Å². The van der Waals surface area contributed by atoms with Crippen molar-refractivity contribution in [2.24, 2.45) is 0 Å². The van der Waals surface area contributed by atoms with Crippen molar-refractivity contribution in [1.29, 1.82) is 5.41 Å². The van der Waals surface area contributed by atoms with Crippen molar-refractivity contribution in [2.45, 2.75) is 47.0 Å². The average Bonchev–Trinajstić information content (AvgIpc) is 1.66. The molecule has 0 bridgehead atoms. The minimum atomic E-state index is 0.667. The number of unbranched alkanes of at least 4 members (excludes halogenated alkanes) is 2. The molecule has 0 aliphatic carbocycles. The second kappa shape index (κ2) is 10.6. The summed E-state index contributed by atoms with van der Waals surface area (Å²) in [5.41, 5.74) is 0.667. The lowest BCUT2D eigenvalue weighted by atomic mass is 10.3. The van der Waals surface area contributed by atoms with Gasteiger partial charge in [-0.1, -0.05) is 33.1 Å². The summed E-state index contributed by atoms with van der Waals surface area (Å²) in [6, 6.07) is 0. The van der Waals surface area contributed by atoms with Crippen molar-refractivity contribution in [3.63, 3.8) is 0 Å². The second-order valence-electron chi connectivity index (χ2n) is 2.35. The van der Waals surface area contributed by atoms with Gasteiger partial charge in [-0.3, -0.25) is 0 Å². The molecule has 0 unspecified atom stereocenters. The molecule has 1 N–H and O–H groups in total. The maximum absolute atomic E-state index is 6.50. The number of nitrogens with one attached hydrogen (secondary N) is 1. The Bertz CT molecular complexity index is 51.6. The van der Waals surface area contributed by atoms with Crippen LogP contribution in [0.4, 0.5) is 0 Å². The highest BCUT2D eigenvalue weighted by atomic mass is 14.3. The van der Waals surface area contributed by atoms with Crippen LogP contribution in [0.2, 0.25) is 0 Å². The van der Waals surface area contributed by atoms with Crippen LogP contribution >= 0.6 is 0 Å². The van der Waals surface area contributed by atoms with E-state index in [9.17, 15) is 0 Å². The first-order chi connectivity index (χ1) is 4.15. The Hall–Kier alpha value is -0.330. The summed E-state index contributed by atoms with van der Waals surface area (Å²) >= 11 is 0. The molecule has 0 spiro atoms. The maximum atomic E-state index is 6.50. The lowest BCUT2D eigenvalue weighted by Gasteiger charge is -1.79. The summed E-state index contributed by atoms with van der Waals surface area (Å²) in [7, 11) is 0. The van der Waals surface area contributed by atoms with Gasteiger partial charge in [0.05, 0.1) is 0 Å². The third-order valence-electron chi connectivity index (χ3n) is 0.707. The monoisotopic (exact) mass is 129 g/mol. The molecule has 9 heavy (non-hydrogen) atoms. The highest BCUT2D eigenvalue weighted by Crippen LogP contribution is 1.88. The predicted octanol–water partition coefficient (Wildman–Crippen LogP) is 3.24. The van der Waals surface area contributed by atoms with E-state index in [2.05, 4.69) is 13.8 Å². The van der Waals surface area contributed by atoms with Gasteiger partial charge in [-0.25, -0.2) is 0 Å². The Balaban J connectivity index is 0. The van der Waals surface area contributed by atoms with Crippen LogP contribution in [0.1, 0.15) is 47.0 Å². The van der Waals surface area contributed by atoms with Gasteiger partial charge in [-0.05, 0) is 13.8 Å². The molecule has 56 valence electrons. The minimum Gasteiger partial charge on any atom is -0.310 e. The molecule has 1 nitrogen and oxygen atoms in total. The number of hydrogen-bond donors (Lipinski definition) is 1. The van der Waals surface area contributed by atoms with E-state index < -0.39 is 0 Å². The van der Waals surface area contributed by atoms with E-state index in [4.69, 9.17) is 5.41 Å². The van der Waals surface area contributed by atoms with Crippen LogP contribution in [0.15, 0.2) is 0 Å². The molecular formula is C8H19N. The zero-order chi connectivity index (χ0) is 7.70. The molecule has 0 heterocycles. The minimum absolute atomic E-state index is 0.667. The summed E-state index contributed by atoms with van der Waals surface area (Å²) in [4.78, 5) is 0. The van der Waals surface area contributed by atoms with E-state index in [1.165, 1.54) is 19.3 Å². The van der Waals surface area contributed by atoms with Crippen LogP contribution in [0.3, 0.4) is 0 Å². The molecule has 0 amide bonds. The Morgan fingerprint density at radius 3 is 1.33 bits per heavy atom. The molecule has 0 aromatic rings. The average molecular weight is 129 g/mol. The SMILES string of the molecule is CC(C)=N.CCCCC. The van der Waals surface area contributed by atoms with Gasteiger partial charge < -0.3 is 5.41 Å². The zero-order valence-corrected chi connectivity index (χ0v) is 7.12. The lowest BCUT2D eigenvalue weighted by molar-refractivity contribution is 0.772. The van der Waals surface area contributed by atoms with Gasteiger partial charge in [-0.15, -0.1) is 0 Å². The molecule has 0 atom stereocenters. The van der Waals surface area contributed by atoms with Crippen LogP contribution in [-0.4, -0.2) is 5.71 Å². The van der Waals surface area contributed by atoms with E-state index in [1.807, 2.05) is 0 Å². The summed E-state index contributed by atoms with van der Waals surface area (Å²) < 4.78 is 0. The molecule has 0 aliphatic rings. The predicted molar refractivity (Wildman–Crippen MR) is 44.3 cm³/mol. The van der Waals surface area contributed by atoms with E-state index in [0.29, 0.717) is 5.71 Å². The fraction of sp³-hybridized carbons (Fsp3) is 0.875. The van der Waals surface area contributed by atoms with Crippen molar-refractivity contribution in [1.82, 2.24) is 0 Å². The second-order valence-corrected chi connectivity index (χ2v) is 2.35. The topological polar surface area (TPSA) is 23.9 Å². The molecule has 0 aromatic heterocycles. The molecular weight excluding hydrogens is 110 g/mol. The fourth-order valence-corrected chi connectivity index (χ4v) is 0.354. The fourth-order valence-electron chi connectivity index (χ4n) is 0.354. The third-order valence-corrected chi connectivity index (χ3v) is 0.707. The molecule has 0 saturated heterocycles. The molecule has 1 heteroatoms. The van der Waals surface area contributed by atoms with Crippen molar-refractivity contribution >= 4 is 5.71 Å². The molecule has 0 saturated carbocycles. The first kappa shape index (κ1) is 11.5. The Morgan fingerprint density at radius 1 is 1.11 bits per heavy atom. The molecule has 0 fully saturated rings. The first-order valence-electron chi connectivity index (χ1n) is 3.66. The van der Waals surface area contributed by atoms with Gasteiger partial charge in [0, 0.05) is 5.71 Å². The van der Waals surface area contributed by atoms with Gasteiger partial charge in [0.25, 0.3) is 0 Å². The molecule has 0 aromatic carbocycles. The van der Waals surface area contributed by atoms with Crippen molar-refractivity contribution < 1.29 is 0 Å². The van der Waals surface area contributed by atoms with Gasteiger partial charge >= 0.3 is 0 Å². The smallest absolute Gasteiger partial charge is 0.00272 e. The number of rotatable bonds is 2. The summed E-state index contributed by atoms with van der Waals surface area (Å²) in [5.74, 6) is 0. The van der Waals surface area contributed by atoms with E-state index in [0.717, 1.165) is 0 Å². The van der Waals surface area contributed by atoms with Crippen LogP contribution in [0, 0.1) is 5.41 Å². The normalized spacial score (nSPS) is 7.56.